The van der Waals surface area contributed by atoms with Crippen molar-refractivity contribution in [3.8, 4) is 0 Å². The summed E-state index contributed by atoms with van der Waals surface area (Å²) in [6.07, 6.45) is 27.7. The van der Waals surface area contributed by atoms with Crippen LogP contribution in [0, 0.1) is 0 Å². The third-order valence-corrected chi connectivity index (χ3v) is 6.31. The number of hydrogen-bond donors (Lipinski definition) is 0. The van der Waals surface area contributed by atoms with Gasteiger partial charge in [0.2, 0.25) is 0 Å². The Morgan fingerprint density at radius 1 is 0.679 bits per heavy atom. The molecule has 1 heterocycles. The predicted octanol–water partition coefficient (Wildman–Crippen LogP) is 9.22. The van der Waals surface area contributed by atoms with Crippen molar-refractivity contribution in [2.24, 2.45) is 0 Å². The molecule has 0 aliphatic rings. The quantitative estimate of drug-likeness (QED) is 0.215. The highest BCUT2D eigenvalue weighted by molar-refractivity contribution is 5.02. The molecule has 2 nitrogen and oxygen atoms in total. The van der Waals surface area contributed by atoms with E-state index >= 15 is 0 Å². The second kappa shape index (κ2) is 17.1. The van der Waals surface area contributed by atoms with Crippen LogP contribution in [0.4, 0.5) is 0 Å². The monoisotopic (exact) mass is 390 g/mol. The first-order valence-corrected chi connectivity index (χ1v) is 12.8. The van der Waals surface area contributed by atoms with Crippen molar-refractivity contribution in [2.75, 3.05) is 0 Å². The van der Waals surface area contributed by atoms with Crippen LogP contribution in [-0.4, -0.2) is 9.55 Å². The van der Waals surface area contributed by atoms with E-state index in [2.05, 4.69) is 38.5 Å². The van der Waals surface area contributed by atoms with Gasteiger partial charge in [0.05, 0.1) is 0 Å². The number of rotatable bonds is 19. The summed E-state index contributed by atoms with van der Waals surface area (Å²) in [6, 6.07) is 0.587. The Morgan fingerprint density at radius 2 is 1.21 bits per heavy atom. The molecule has 2 atom stereocenters. The normalized spacial score (nSPS) is 13.7. The van der Waals surface area contributed by atoms with Crippen molar-refractivity contribution in [1.82, 2.24) is 9.55 Å². The van der Waals surface area contributed by atoms with Crippen LogP contribution in [0.2, 0.25) is 0 Å². The molecule has 1 aromatic heterocycles. The molecule has 0 amide bonds. The van der Waals surface area contributed by atoms with Crippen LogP contribution in [-0.2, 0) is 0 Å². The number of aromatic nitrogens is 2. The standard InChI is InChI=1S/C26H50N2/c1-5-8-10-11-12-13-14-15-16-17-18-21-25(20-9-6-2)26-27-22-23-28(26)24(4)19-7-3/h22-25H,5-21H2,1-4H3. The van der Waals surface area contributed by atoms with Crippen LogP contribution >= 0.6 is 0 Å². The molecule has 0 spiro atoms. The smallest absolute Gasteiger partial charge is 0.111 e. The third-order valence-electron chi connectivity index (χ3n) is 6.31. The zero-order chi connectivity index (χ0) is 20.5. The number of hydrogen-bond acceptors (Lipinski definition) is 1. The molecular weight excluding hydrogens is 340 g/mol. The van der Waals surface area contributed by atoms with E-state index in [1.807, 2.05) is 6.20 Å². The molecule has 0 N–H and O–H groups in total. The Hall–Kier alpha value is -0.790. The molecule has 2 heteroatoms. The molecule has 28 heavy (non-hydrogen) atoms. The van der Waals surface area contributed by atoms with E-state index in [9.17, 15) is 0 Å². The van der Waals surface area contributed by atoms with E-state index < -0.39 is 0 Å². The van der Waals surface area contributed by atoms with Gasteiger partial charge in [-0.3, -0.25) is 0 Å². The van der Waals surface area contributed by atoms with Crippen molar-refractivity contribution < 1.29 is 0 Å². The van der Waals surface area contributed by atoms with E-state index in [4.69, 9.17) is 4.98 Å². The van der Waals surface area contributed by atoms with Gasteiger partial charge in [-0.2, -0.15) is 0 Å². The average Bonchev–Trinajstić information content (AvgIpc) is 3.18. The SMILES string of the molecule is CCCCCCCCCCCCCC(CCCC)c1nccn1C(C)CCC. The van der Waals surface area contributed by atoms with Crippen molar-refractivity contribution in [2.45, 2.75) is 149 Å². The lowest BCUT2D eigenvalue weighted by atomic mass is 9.93. The highest BCUT2D eigenvalue weighted by atomic mass is 15.1. The predicted molar refractivity (Wildman–Crippen MR) is 125 cm³/mol. The Kier molecular flexibility index (Phi) is 15.4. The fourth-order valence-electron chi connectivity index (χ4n) is 4.48. The number of nitrogens with zero attached hydrogens (tertiary/aromatic N) is 2. The fourth-order valence-corrected chi connectivity index (χ4v) is 4.48. The van der Waals surface area contributed by atoms with E-state index in [-0.39, 0.29) is 0 Å². The second-order valence-electron chi connectivity index (χ2n) is 8.99. The largest absolute Gasteiger partial charge is 0.332 e. The summed E-state index contributed by atoms with van der Waals surface area (Å²) in [5.41, 5.74) is 0. The van der Waals surface area contributed by atoms with Gasteiger partial charge in [0.1, 0.15) is 5.82 Å². The van der Waals surface area contributed by atoms with Gasteiger partial charge in [-0.1, -0.05) is 111 Å². The van der Waals surface area contributed by atoms with Crippen LogP contribution in [0.25, 0.3) is 0 Å². The van der Waals surface area contributed by atoms with E-state index in [1.54, 1.807) is 0 Å². The number of imidazole rings is 1. The van der Waals surface area contributed by atoms with Crippen LogP contribution in [0.5, 0.6) is 0 Å². The Morgan fingerprint density at radius 3 is 1.79 bits per heavy atom. The highest BCUT2D eigenvalue weighted by Crippen LogP contribution is 2.29. The van der Waals surface area contributed by atoms with Crippen molar-refractivity contribution >= 4 is 0 Å². The van der Waals surface area contributed by atoms with Gasteiger partial charge in [0.25, 0.3) is 0 Å². The van der Waals surface area contributed by atoms with Gasteiger partial charge in [-0.15, -0.1) is 0 Å². The zero-order valence-electron chi connectivity index (χ0n) is 19.7. The molecule has 0 fully saturated rings. The van der Waals surface area contributed by atoms with Gasteiger partial charge in [0.15, 0.2) is 0 Å². The summed E-state index contributed by atoms with van der Waals surface area (Å²) >= 11 is 0. The summed E-state index contributed by atoms with van der Waals surface area (Å²) in [7, 11) is 0. The minimum atomic E-state index is 0.587. The van der Waals surface area contributed by atoms with Gasteiger partial charge in [-0.05, 0) is 26.2 Å². The van der Waals surface area contributed by atoms with Gasteiger partial charge < -0.3 is 4.57 Å². The Labute approximate surface area is 176 Å². The fraction of sp³-hybridized carbons (Fsp3) is 0.885. The summed E-state index contributed by atoms with van der Waals surface area (Å²) in [5, 5.41) is 0. The molecule has 0 aliphatic heterocycles. The van der Waals surface area contributed by atoms with Gasteiger partial charge in [-0.25, -0.2) is 4.98 Å². The molecule has 1 rings (SSSR count). The summed E-state index contributed by atoms with van der Waals surface area (Å²) in [5.74, 6) is 2.02. The molecule has 0 aliphatic carbocycles. The molecule has 0 aromatic carbocycles. The van der Waals surface area contributed by atoms with E-state index in [1.165, 1.54) is 115 Å². The Balaban J connectivity index is 2.29. The number of unbranched alkanes of at least 4 members (excludes halogenated alkanes) is 11. The maximum absolute atomic E-state index is 4.81. The minimum absolute atomic E-state index is 0.587. The first kappa shape index (κ1) is 25.2. The molecule has 2 unspecified atom stereocenters. The van der Waals surface area contributed by atoms with E-state index in [0.717, 1.165) is 0 Å². The molecule has 1 aromatic rings. The minimum Gasteiger partial charge on any atom is -0.332 e. The molecule has 0 radical (unpaired) electrons. The van der Waals surface area contributed by atoms with E-state index in [0.29, 0.717) is 12.0 Å². The maximum atomic E-state index is 4.81. The van der Waals surface area contributed by atoms with Crippen molar-refractivity contribution in [3.05, 3.63) is 18.2 Å². The summed E-state index contributed by atoms with van der Waals surface area (Å²) in [4.78, 5) is 4.81. The molecule has 164 valence electrons. The molecule has 0 saturated carbocycles. The van der Waals surface area contributed by atoms with Gasteiger partial charge in [0, 0.05) is 24.4 Å². The van der Waals surface area contributed by atoms with Gasteiger partial charge >= 0.3 is 0 Å². The van der Waals surface area contributed by atoms with Crippen LogP contribution < -0.4 is 0 Å². The average molecular weight is 391 g/mol. The summed E-state index contributed by atoms with van der Waals surface area (Å²) < 4.78 is 2.47. The van der Waals surface area contributed by atoms with Crippen LogP contribution in [0.15, 0.2) is 12.4 Å². The highest BCUT2D eigenvalue weighted by Gasteiger charge is 2.18. The molecule has 0 bridgehead atoms. The topological polar surface area (TPSA) is 17.8 Å². The lowest BCUT2D eigenvalue weighted by Crippen LogP contribution is -2.13. The molecular formula is C26H50N2. The van der Waals surface area contributed by atoms with Crippen LogP contribution in [0.1, 0.15) is 155 Å². The van der Waals surface area contributed by atoms with Crippen LogP contribution in [0.3, 0.4) is 0 Å². The van der Waals surface area contributed by atoms with Crippen molar-refractivity contribution in [3.63, 3.8) is 0 Å². The third kappa shape index (κ3) is 10.7. The Bertz CT molecular complexity index is 451. The lowest BCUT2D eigenvalue weighted by molar-refractivity contribution is 0.426. The maximum Gasteiger partial charge on any atom is 0.111 e. The summed E-state index contributed by atoms with van der Waals surface area (Å²) in [6.45, 7) is 9.25. The van der Waals surface area contributed by atoms with Crippen molar-refractivity contribution in [1.29, 1.82) is 0 Å². The second-order valence-corrected chi connectivity index (χ2v) is 8.99. The molecule has 0 saturated heterocycles. The first-order chi connectivity index (χ1) is 13.7. The first-order valence-electron chi connectivity index (χ1n) is 12.8. The lowest BCUT2D eigenvalue weighted by Gasteiger charge is -2.22. The zero-order valence-corrected chi connectivity index (χ0v) is 19.7.